The highest BCUT2D eigenvalue weighted by molar-refractivity contribution is 9.10. The van der Waals surface area contributed by atoms with Crippen LogP contribution in [0, 0.1) is 24.0 Å². The van der Waals surface area contributed by atoms with Gasteiger partial charge in [0.15, 0.2) is 0 Å². The largest absolute Gasteiger partial charge is 0.439 e. The lowest BCUT2D eigenvalue weighted by atomic mass is 10.2. The Bertz CT molecular complexity index is 644. The molecule has 0 aliphatic heterocycles. The van der Waals surface area contributed by atoms with Gasteiger partial charge in [0.25, 0.3) is 5.69 Å². The summed E-state index contributed by atoms with van der Waals surface area (Å²) in [6.45, 7) is 3.57. The topological polar surface area (TPSA) is 65.3 Å². The van der Waals surface area contributed by atoms with Gasteiger partial charge in [0, 0.05) is 16.2 Å². The summed E-state index contributed by atoms with van der Waals surface area (Å²) in [5, 5.41) is 10.8. The van der Waals surface area contributed by atoms with Crippen molar-refractivity contribution in [3.8, 4) is 11.6 Å². The number of aromatic nitrogens is 1. The molecular formula is C13H11BrN2O3. The second-order valence-electron chi connectivity index (χ2n) is 4.08. The summed E-state index contributed by atoms with van der Waals surface area (Å²) in [7, 11) is 0. The van der Waals surface area contributed by atoms with Crippen LogP contribution in [0.3, 0.4) is 0 Å². The first-order valence-electron chi connectivity index (χ1n) is 5.52. The molecule has 0 radical (unpaired) electrons. The third-order valence-corrected chi connectivity index (χ3v) is 3.49. The molecule has 0 amide bonds. The highest BCUT2D eigenvalue weighted by atomic mass is 79.9. The fraction of sp³-hybridized carbons (Fsp3) is 0.154. The summed E-state index contributed by atoms with van der Waals surface area (Å²) in [6.07, 6.45) is 1.43. The van der Waals surface area contributed by atoms with Gasteiger partial charge in [0.1, 0.15) is 5.75 Å². The van der Waals surface area contributed by atoms with Crippen molar-refractivity contribution in [2.24, 2.45) is 0 Å². The SMILES string of the molecule is Cc1cc(Oc2cc([N+](=O)[O-])c(C)cn2)ccc1Br. The summed E-state index contributed by atoms with van der Waals surface area (Å²) in [5.74, 6) is 0.797. The minimum Gasteiger partial charge on any atom is -0.439 e. The van der Waals surface area contributed by atoms with Crippen molar-refractivity contribution in [2.75, 3.05) is 0 Å². The lowest BCUT2D eigenvalue weighted by Gasteiger charge is -2.07. The van der Waals surface area contributed by atoms with Crippen LogP contribution in [-0.4, -0.2) is 9.91 Å². The van der Waals surface area contributed by atoms with Crippen LogP contribution in [0.4, 0.5) is 5.69 Å². The number of pyridine rings is 1. The van der Waals surface area contributed by atoms with Gasteiger partial charge in [-0.1, -0.05) is 15.9 Å². The van der Waals surface area contributed by atoms with Crippen molar-refractivity contribution in [2.45, 2.75) is 13.8 Å². The number of benzene rings is 1. The maximum absolute atomic E-state index is 10.8. The van der Waals surface area contributed by atoms with E-state index in [1.165, 1.54) is 12.3 Å². The lowest BCUT2D eigenvalue weighted by molar-refractivity contribution is -0.385. The summed E-state index contributed by atoms with van der Waals surface area (Å²) >= 11 is 3.39. The Hall–Kier alpha value is -1.95. The number of nitrogens with zero attached hydrogens (tertiary/aromatic N) is 2. The zero-order valence-electron chi connectivity index (χ0n) is 10.4. The molecule has 0 saturated heterocycles. The minimum atomic E-state index is -0.448. The van der Waals surface area contributed by atoms with Crippen molar-refractivity contribution in [3.05, 3.63) is 56.2 Å². The van der Waals surface area contributed by atoms with Gasteiger partial charge >= 0.3 is 0 Å². The van der Waals surface area contributed by atoms with Gasteiger partial charge in [0.2, 0.25) is 5.88 Å². The Morgan fingerprint density at radius 2 is 2.00 bits per heavy atom. The van der Waals surface area contributed by atoms with E-state index in [1.54, 1.807) is 13.0 Å². The van der Waals surface area contributed by atoms with E-state index in [0.717, 1.165) is 10.0 Å². The third-order valence-electron chi connectivity index (χ3n) is 2.60. The molecule has 98 valence electrons. The third kappa shape index (κ3) is 3.08. The van der Waals surface area contributed by atoms with Crippen LogP contribution in [0.1, 0.15) is 11.1 Å². The van der Waals surface area contributed by atoms with Gasteiger partial charge < -0.3 is 4.74 Å². The standard InChI is InChI=1S/C13H11BrN2O3/c1-8-5-10(3-4-11(8)14)19-13-6-12(16(17)18)9(2)7-15-13/h3-7H,1-2H3. The zero-order chi connectivity index (χ0) is 14.0. The first-order chi connectivity index (χ1) is 8.97. The number of hydrogen-bond acceptors (Lipinski definition) is 4. The highest BCUT2D eigenvalue weighted by Gasteiger charge is 2.13. The van der Waals surface area contributed by atoms with Crippen LogP contribution in [0.15, 0.2) is 34.9 Å². The molecule has 1 heterocycles. The van der Waals surface area contributed by atoms with Gasteiger partial charge in [0.05, 0.1) is 11.0 Å². The van der Waals surface area contributed by atoms with E-state index in [-0.39, 0.29) is 11.6 Å². The molecular weight excluding hydrogens is 312 g/mol. The van der Waals surface area contributed by atoms with Gasteiger partial charge in [-0.15, -0.1) is 0 Å². The first kappa shape index (κ1) is 13.5. The fourth-order valence-corrected chi connectivity index (χ4v) is 1.80. The molecule has 0 N–H and O–H groups in total. The van der Waals surface area contributed by atoms with Crippen LogP contribution < -0.4 is 4.74 Å². The average molecular weight is 323 g/mol. The van der Waals surface area contributed by atoms with E-state index in [4.69, 9.17) is 4.74 Å². The predicted octanol–water partition coefficient (Wildman–Crippen LogP) is 4.16. The Labute approximate surface area is 118 Å². The molecule has 0 unspecified atom stereocenters. The van der Waals surface area contributed by atoms with E-state index in [0.29, 0.717) is 11.3 Å². The summed E-state index contributed by atoms with van der Waals surface area (Å²) < 4.78 is 6.50. The molecule has 0 aliphatic rings. The van der Waals surface area contributed by atoms with Crippen molar-refractivity contribution >= 4 is 21.6 Å². The molecule has 1 aromatic heterocycles. The Morgan fingerprint density at radius 3 is 2.63 bits per heavy atom. The predicted molar refractivity (Wildman–Crippen MR) is 74.6 cm³/mol. The second-order valence-corrected chi connectivity index (χ2v) is 4.93. The summed E-state index contributed by atoms with van der Waals surface area (Å²) in [6, 6.07) is 6.78. The maximum Gasteiger partial charge on any atom is 0.279 e. The highest BCUT2D eigenvalue weighted by Crippen LogP contribution is 2.28. The molecule has 6 heteroatoms. The second kappa shape index (κ2) is 5.36. The van der Waals surface area contributed by atoms with E-state index in [9.17, 15) is 10.1 Å². The monoisotopic (exact) mass is 322 g/mol. The molecule has 5 nitrogen and oxygen atoms in total. The molecule has 2 rings (SSSR count). The zero-order valence-corrected chi connectivity index (χ0v) is 12.0. The van der Waals surface area contributed by atoms with E-state index in [2.05, 4.69) is 20.9 Å². The Kier molecular flexibility index (Phi) is 3.80. The van der Waals surface area contributed by atoms with Crippen LogP contribution >= 0.6 is 15.9 Å². The number of aryl methyl sites for hydroxylation is 2. The van der Waals surface area contributed by atoms with E-state index < -0.39 is 4.92 Å². The van der Waals surface area contributed by atoms with Crippen LogP contribution in [0.5, 0.6) is 11.6 Å². The summed E-state index contributed by atoms with van der Waals surface area (Å²) in [5.41, 5.74) is 1.52. The smallest absolute Gasteiger partial charge is 0.279 e. The number of ether oxygens (including phenoxy) is 1. The Morgan fingerprint density at radius 1 is 1.26 bits per heavy atom. The van der Waals surface area contributed by atoms with Crippen molar-refractivity contribution < 1.29 is 9.66 Å². The van der Waals surface area contributed by atoms with E-state index >= 15 is 0 Å². The van der Waals surface area contributed by atoms with Gasteiger partial charge in [-0.25, -0.2) is 4.98 Å². The molecule has 0 spiro atoms. The molecule has 0 bridgehead atoms. The van der Waals surface area contributed by atoms with E-state index in [1.807, 2.05) is 19.1 Å². The van der Waals surface area contributed by atoms with Crippen LogP contribution in [0.25, 0.3) is 0 Å². The number of hydrogen-bond donors (Lipinski definition) is 0. The normalized spacial score (nSPS) is 10.3. The van der Waals surface area contributed by atoms with Crippen molar-refractivity contribution in [1.82, 2.24) is 4.98 Å². The molecule has 2 aromatic rings. The van der Waals surface area contributed by atoms with Crippen LogP contribution in [-0.2, 0) is 0 Å². The number of nitro groups is 1. The lowest BCUT2D eigenvalue weighted by Crippen LogP contribution is -1.95. The van der Waals surface area contributed by atoms with Crippen molar-refractivity contribution in [3.63, 3.8) is 0 Å². The molecule has 0 saturated carbocycles. The first-order valence-corrected chi connectivity index (χ1v) is 6.31. The summed E-state index contributed by atoms with van der Waals surface area (Å²) in [4.78, 5) is 14.4. The molecule has 1 aromatic carbocycles. The molecule has 0 fully saturated rings. The maximum atomic E-state index is 10.8. The molecule has 0 aliphatic carbocycles. The molecule has 19 heavy (non-hydrogen) atoms. The quantitative estimate of drug-likeness (QED) is 0.628. The van der Waals surface area contributed by atoms with Gasteiger partial charge in [-0.05, 0) is 37.6 Å². The average Bonchev–Trinajstić information content (AvgIpc) is 2.36. The van der Waals surface area contributed by atoms with Crippen LogP contribution in [0.2, 0.25) is 0 Å². The van der Waals surface area contributed by atoms with Crippen molar-refractivity contribution in [1.29, 1.82) is 0 Å². The Balaban J connectivity index is 2.30. The number of halogens is 1. The van der Waals surface area contributed by atoms with Gasteiger partial charge in [-0.2, -0.15) is 0 Å². The van der Waals surface area contributed by atoms with Gasteiger partial charge in [-0.3, -0.25) is 10.1 Å². The molecule has 0 atom stereocenters. The minimum absolute atomic E-state index is 0.00108. The fourth-order valence-electron chi connectivity index (χ4n) is 1.55. The number of rotatable bonds is 3.